The van der Waals surface area contributed by atoms with Crippen LogP contribution in [0.4, 0.5) is 10.2 Å². The number of hydrogen-bond acceptors (Lipinski definition) is 4. The van der Waals surface area contributed by atoms with E-state index < -0.39 is 11.7 Å². The van der Waals surface area contributed by atoms with Gasteiger partial charge < -0.3 is 10.1 Å². The number of hydrogen-bond donors (Lipinski definition) is 1. The average molecular weight is 316 g/mol. The number of rotatable bonds is 3. The fourth-order valence-electron chi connectivity index (χ4n) is 1.53. The molecule has 0 spiro atoms. The molecule has 1 heterocycles. The van der Waals surface area contributed by atoms with Crippen LogP contribution >= 0.6 is 23.2 Å². The molecular formula is C12H8Cl2FN3O2. The van der Waals surface area contributed by atoms with E-state index in [4.69, 9.17) is 27.9 Å². The van der Waals surface area contributed by atoms with Crippen molar-refractivity contribution in [1.82, 2.24) is 9.97 Å². The van der Waals surface area contributed by atoms with E-state index in [2.05, 4.69) is 15.3 Å². The Morgan fingerprint density at radius 1 is 1.35 bits per heavy atom. The van der Waals surface area contributed by atoms with E-state index in [0.717, 1.165) is 6.07 Å². The molecule has 0 saturated carbocycles. The molecule has 104 valence electrons. The number of benzene rings is 1. The van der Waals surface area contributed by atoms with Gasteiger partial charge in [-0.1, -0.05) is 17.7 Å². The third-order valence-electron chi connectivity index (χ3n) is 2.33. The fraction of sp³-hybridized carbons (Fsp3) is 0.0833. The van der Waals surface area contributed by atoms with E-state index in [1.807, 2.05) is 0 Å². The summed E-state index contributed by atoms with van der Waals surface area (Å²) in [5.41, 5.74) is -0.235. The number of ether oxygens (including phenoxy) is 1. The number of nitrogens with one attached hydrogen (secondary N) is 1. The van der Waals surface area contributed by atoms with Crippen LogP contribution in [-0.4, -0.2) is 23.0 Å². The predicted octanol–water partition coefficient (Wildman–Crippen LogP) is 3.18. The van der Waals surface area contributed by atoms with Crippen LogP contribution in [0.15, 0.2) is 24.3 Å². The second kappa shape index (κ2) is 6.02. The summed E-state index contributed by atoms with van der Waals surface area (Å²) in [6.45, 7) is 0. The topological polar surface area (TPSA) is 64.1 Å². The van der Waals surface area contributed by atoms with Gasteiger partial charge in [0.15, 0.2) is 0 Å². The first-order valence-electron chi connectivity index (χ1n) is 5.35. The summed E-state index contributed by atoms with van der Waals surface area (Å²) in [4.78, 5) is 19.5. The van der Waals surface area contributed by atoms with Crippen LogP contribution in [0.25, 0.3) is 0 Å². The number of carbonyl (C=O) groups is 1. The minimum absolute atomic E-state index is 0.0563. The molecule has 8 heteroatoms. The Labute approximate surface area is 123 Å². The molecule has 0 saturated heterocycles. The maximum Gasteiger partial charge on any atom is 0.263 e. The highest BCUT2D eigenvalue weighted by atomic mass is 35.5. The zero-order valence-corrected chi connectivity index (χ0v) is 11.7. The van der Waals surface area contributed by atoms with Crippen LogP contribution in [0.1, 0.15) is 10.4 Å². The number of carbonyl (C=O) groups excluding carboxylic acids is 1. The van der Waals surface area contributed by atoms with Gasteiger partial charge in [-0.3, -0.25) is 4.79 Å². The van der Waals surface area contributed by atoms with Crippen molar-refractivity contribution in [2.24, 2.45) is 0 Å². The van der Waals surface area contributed by atoms with Gasteiger partial charge in [0, 0.05) is 6.07 Å². The minimum Gasteiger partial charge on any atom is -0.496 e. The van der Waals surface area contributed by atoms with Crippen LogP contribution in [0, 0.1) is 5.82 Å². The van der Waals surface area contributed by atoms with Gasteiger partial charge in [-0.05, 0) is 23.7 Å². The van der Waals surface area contributed by atoms with Crippen molar-refractivity contribution in [2.75, 3.05) is 12.4 Å². The lowest BCUT2D eigenvalue weighted by Gasteiger charge is -2.09. The van der Waals surface area contributed by atoms with Crippen molar-refractivity contribution < 1.29 is 13.9 Å². The molecule has 5 nitrogen and oxygen atoms in total. The van der Waals surface area contributed by atoms with Gasteiger partial charge in [-0.15, -0.1) is 0 Å². The molecular weight excluding hydrogens is 308 g/mol. The molecule has 2 aromatic rings. The Morgan fingerprint density at radius 3 is 2.75 bits per heavy atom. The summed E-state index contributed by atoms with van der Waals surface area (Å²) >= 11 is 11.3. The molecule has 0 aliphatic carbocycles. The highest BCUT2D eigenvalue weighted by Crippen LogP contribution is 2.23. The van der Waals surface area contributed by atoms with Gasteiger partial charge in [0.25, 0.3) is 5.91 Å². The molecule has 0 aliphatic heterocycles. The van der Waals surface area contributed by atoms with Crippen molar-refractivity contribution >= 4 is 34.9 Å². The summed E-state index contributed by atoms with van der Waals surface area (Å²) in [6, 6.07) is 5.34. The van der Waals surface area contributed by atoms with Crippen molar-refractivity contribution in [3.8, 4) is 5.75 Å². The van der Waals surface area contributed by atoms with Crippen LogP contribution in [-0.2, 0) is 0 Å². The van der Waals surface area contributed by atoms with Gasteiger partial charge >= 0.3 is 0 Å². The minimum atomic E-state index is -0.731. The van der Waals surface area contributed by atoms with Crippen LogP contribution in [0.3, 0.4) is 0 Å². The van der Waals surface area contributed by atoms with Crippen molar-refractivity contribution in [3.63, 3.8) is 0 Å². The van der Waals surface area contributed by atoms with E-state index >= 15 is 0 Å². The van der Waals surface area contributed by atoms with Gasteiger partial charge in [0.1, 0.15) is 28.1 Å². The van der Waals surface area contributed by atoms with Gasteiger partial charge in [-0.2, -0.15) is 0 Å². The van der Waals surface area contributed by atoms with Gasteiger partial charge in [0.05, 0.1) is 7.11 Å². The highest BCUT2D eigenvalue weighted by molar-refractivity contribution is 6.32. The molecule has 0 fully saturated rings. The maximum atomic E-state index is 13.7. The average Bonchev–Trinajstić information content (AvgIpc) is 2.36. The number of aromatic nitrogens is 2. The molecule has 1 aromatic carbocycles. The molecule has 0 atom stereocenters. The van der Waals surface area contributed by atoms with E-state index in [9.17, 15) is 9.18 Å². The number of anilines is 1. The lowest BCUT2D eigenvalue weighted by molar-refractivity contribution is 0.101. The first-order valence-corrected chi connectivity index (χ1v) is 6.11. The third kappa shape index (κ3) is 3.15. The molecule has 1 aromatic heterocycles. The van der Waals surface area contributed by atoms with E-state index in [1.165, 1.54) is 25.3 Å². The molecule has 0 unspecified atom stereocenters. The zero-order valence-electron chi connectivity index (χ0n) is 10.2. The van der Waals surface area contributed by atoms with Crippen molar-refractivity contribution in [2.45, 2.75) is 0 Å². The molecule has 1 amide bonds. The predicted molar refractivity (Wildman–Crippen MR) is 73.0 cm³/mol. The van der Waals surface area contributed by atoms with Crippen LogP contribution in [0.2, 0.25) is 10.4 Å². The van der Waals surface area contributed by atoms with Crippen molar-refractivity contribution in [3.05, 3.63) is 46.1 Å². The molecule has 20 heavy (non-hydrogen) atoms. The molecule has 0 bridgehead atoms. The standard InChI is InChI=1S/C12H8Cl2FN3O2/c1-20-7-4-2-3-6(15)10(7)11(19)17-9-5-8(13)16-12(14)18-9/h2-5H,1H3,(H,16,17,18,19). The van der Waals surface area contributed by atoms with E-state index in [-0.39, 0.29) is 27.6 Å². The number of nitrogens with zero attached hydrogens (tertiary/aromatic N) is 2. The highest BCUT2D eigenvalue weighted by Gasteiger charge is 2.18. The second-order valence-electron chi connectivity index (χ2n) is 3.62. The lowest BCUT2D eigenvalue weighted by Crippen LogP contribution is -2.16. The van der Waals surface area contributed by atoms with E-state index in [0.29, 0.717) is 0 Å². The fourth-order valence-corrected chi connectivity index (χ4v) is 1.94. The normalized spacial score (nSPS) is 10.2. The maximum absolute atomic E-state index is 13.7. The Kier molecular flexibility index (Phi) is 4.36. The smallest absolute Gasteiger partial charge is 0.263 e. The summed E-state index contributed by atoms with van der Waals surface area (Å²) < 4.78 is 18.7. The van der Waals surface area contributed by atoms with Crippen molar-refractivity contribution in [1.29, 1.82) is 0 Å². The Bertz CT molecular complexity index is 647. The summed E-state index contributed by atoms with van der Waals surface area (Å²) in [5, 5.41) is 2.30. The SMILES string of the molecule is COc1cccc(F)c1C(=O)Nc1cc(Cl)nc(Cl)n1. The molecule has 1 N–H and O–H groups in total. The largest absolute Gasteiger partial charge is 0.496 e. The lowest BCUT2D eigenvalue weighted by atomic mass is 10.1. The van der Waals surface area contributed by atoms with Crippen LogP contribution < -0.4 is 10.1 Å². The Morgan fingerprint density at radius 2 is 2.10 bits per heavy atom. The van der Waals surface area contributed by atoms with Gasteiger partial charge in [-0.25, -0.2) is 14.4 Å². The van der Waals surface area contributed by atoms with Crippen LogP contribution in [0.5, 0.6) is 5.75 Å². The van der Waals surface area contributed by atoms with E-state index in [1.54, 1.807) is 0 Å². The summed E-state index contributed by atoms with van der Waals surface area (Å²) in [6.07, 6.45) is 0. The number of methoxy groups -OCH3 is 1. The molecule has 0 aliphatic rings. The Balaban J connectivity index is 2.33. The molecule has 0 radical (unpaired) electrons. The number of halogens is 3. The summed E-state index contributed by atoms with van der Waals surface area (Å²) in [7, 11) is 1.34. The zero-order chi connectivity index (χ0) is 14.7. The molecule has 2 rings (SSSR count). The van der Waals surface area contributed by atoms with Gasteiger partial charge in [0.2, 0.25) is 5.28 Å². The second-order valence-corrected chi connectivity index (χ2v) is 4.34. The number of amides is 1. The summed E-state index contributed by atoms with van der Waals surface area (Å²) in [5.74, 6) is -1.28. The first-order chi connectivity index (χ1) is 9.51. The quantitative estimate of drug-likeness (QED) is 0.698. The third-order valence-corrected chi connectivity index (χ3v) is 2.69. The Hall–Kier alpha value is -1.92. The monoisotopic (exact) mass is 315 g/mol. The first kappa shape index (κ1) is 14.5.